The number of ether oxygens (including phenoxy) is 1. The second kappa shape index (κ2) is 8.33. The quantitative estimate of drug-likeness (QED) is 0.598. The number of aromatic nitrogens is 2. The van der Waals surface area contributed by atoms with Crippen LogP contribution in [0.4, 0.5) is 19.1 Å². The lowest BCUT2D eigenvalue weighted by Crippen LogP contribution is -2.18. The number of hydrogen-bond donors (Lipinski definition) is 2. The number of hydrogen-bond acceptors (Lipinski definition) is 5. The molecule has 10 heteroatoms. The van der Waals surface area contributed by atoms with Gasteiger partial charge in [-0.25, -0.2) is 23.1 Å². The minimum absolute atomic E-state index is 0.0389. The summed E-state index contributed by atoms with van der Waals surface area (Å²) in [6.07, 6.45) is 0. The third-order valence-corrected chi connectivity index (χ3v) is 5.84. The van der Waals surface area contributed by atoms with Crippen LogP contribution in [0.3, 0.4) is 0 Å². The van der Waals surface area contributed by atoms with Gasteiger partial charge in [-0.2, -0.15) is 0 Å². The van der Waals surface area contributed by atoms with Crippen LogP contribution >= 0.6 is 0 Å². The van der Waals surface area contributed by atoms with Crippen LogP contribution in [0.5, 0.6) is 5.75 Å². The third-order valence-electron chi connectivity index (χ3n) is 4.27. The van der Waals surface area contributed by atoms with Crippen LogP contribution in [-0.2, 0) is 9.71 Å². The molecule has 0 bridgehead atoms. The van der Waals surface area contributed by atoms with Gasteiger partial charge in [0.05, 0.1) is 7.11 Å². The molecule has 1 atom stereocenters. The molecular formula is C20H19F3N4O2S. The van der Waals surface area contributed by atoms with E-state index in [-0.39, 0.29) is 45.5 Å². The standard InChI is InChI=1S/C20H19F3N4O2S/c1-3-30(25,28)10-11-6-12(8-14(22)7-11)18-17(23)19(27-20(24)26-18)15-5-4-13(21)9-16(15)29-2/h4-10H,3H2,1-2H3,(H2,25,28)(H2,24,26,27). The van der Waals surface area contributed by atoms with Gasteiger partial charge in [0.1, 0.15) is 28.8 Å². The molecule has 4 N–H and O–H groups in total. The molecule has 158 valence electrons. The lowest BCUT2D eigenvalue weighted by molar-refractivity contribution is 0.412. The summed E-state index contributed by atoms with van der Waals surface area (Å²) in [7, 11) is -1.52. The number of nitrogens with zero attached hydrogens (tertiary/aromatic N) is 2. The van der Waals surface area contributed by atoms with E-state index in [9.17, 15) is 13.0 Å². The van der Waals surface area contributed by atoms with Gasteiger partial charge in [0.15, 0.2) is 5.82 Å². The summed E-state index contributed by atoms with van der Waals surface area (Å²) in [6.45, 7) is 1.63. The highest BCUT2D eigenvalue weighted by Crippen LogP contribution is 2.35. The zero-order valence-corrected chi connectivity index (χ0v) is 17.0. The number of benzene rings is 2. The molecule has 2 aromatic carbocycles. The Hall–Kier alpha value is -3.11. The molecule has 0 saturated heterocycles. The molecule has 1 aromatic heterocycles. The van der Waals surface area contributed by atoms with Crippen LogP contribution in [0.25, 0.3) is 22.5 Å². The Morgan fingerprint density at radius 3 is 2.43 bits per heavy atom. The maximum absolute atomic E-state index is 15.4. The molecule has 6 nitrogen and oxygen atoms in total. The maximum Gasteiger partial charge on any atom is 0.221 e. The molecule has 0 aliphatic carbocycles. The van der Waals surface area contributed by atoms with E-state index in [0.717, 1.165) is 24.3 Å². The largest absolute Gasteiger partial charge is 0.496 e. The van der Waals surface area contributed by atoms with Gasteiger partial charge in [-0.3, -0.25) is 9.35 Å². The molecule has 0 fully saturated rings. The third kappa shape index (κ3) is 4.55. The lowest BCUT2D eigenvalue weighted by Gasteiger charge is -2.12. The normalized spacial score (nSPS) is 13.0. The molecule has 0 aliphatic heterocycles. The zero-order valence-electron chi connectivity index (χ0n) is 16.2. The average molecular weight is 436 g/mol. The Labute approximate surface area is 171 Å². The minimum atomic E-state index is -2.82. The molecule has 0 spiro atoms. The first kappa shape index (κ1) is 21.6. The summed E-state index contributed by atoms with van der Waals surface area (Å²) in [5.41, 5.74) is 5.63. The average Bonchev–Trinajstić information content (AvgIpc) is 2.68. The maximum atomic E-state index is 15.4. The van der Waals surface area contributed by atoms with Crippen LogP contribution in [0.15, 0.2) is 36.4 Å². The Morgan fingerprint density at radius 1 is 1.07 bits per heavy atom. The van der Waals surface area contributed by atoms with Crippen molar-refractivity contribution in [2.45, 2.75) is 6.92 Å². The first-order valence-electron chi connectivity index (χ1n) is 8.76. The summed E-state index contributed by atoms with van der Waals surface area (Å²) in [5.74, 6) is -2.28. The van der Waals surface area contributed by atoms with Crippen LogP contribution in [0, 0.1) is 17.5 Å². The molecule has 0 saturated carbocycles. The van der Waals surface area contributed by atoms with Crippen molar-refractivity contribution in [3.05, 3.63) is 59.4 Å². The van der Waals surface area contributed by atoms with Gasteiger partial charge in [0, 0.05) is 38.0 Å². The van der Waals surface area contributed by atoms with E-state index in [2.05, 4.69) is 9.97 Å². The SMILES string of the molecule is CCS(N)(=O)=Cc1cc(F)cc(-c2nc(N)nc(-c3ccc(F)cc3OC)c2F)c1. The summed E-state index contributed by atoms with van der Waals surface area (Å²) in [5, 5.41) is 6.90. The van der Waals surface area contributed by atoms with Gasteiger partial charge in [-0.15, -0.1) is 0 Å². The van der Waals surface area contributed by atoms with Gasteiger partial charge in [0.2, 0.25) is 5.95 Å². The second-order valence-electron chi connectivity index (χ2n) is 6.40. The molecule has 0 amide bonds. The van der Waals surface area contributed by atoms with E-state index < -0.39 is 27.2 Å². The van der Waals surface area contributed by atoms with E-state index in [1.54, 1.807) is 6.92 Å². The lowest BCUT2D eigenvalue weighted by atomic mass is 10.0. The summed E-state index contributed by atoms with van der Waals surface area (Å²) >= 11 is 0. The topological polar surface area (TPSA) is 104 Å². The fourth-order valence-electron chi connectivity index (χ4n) is 2.83. The van der Waals surface area contributed by atoms with E-state index >= 15 is 4.39 Å². The Kier molecular flexibility index (Phi) is 5.99. The molecule has 3 aromatic rings. The number of nitrogens with two attached hydrogens (primary N) is 2. The van der Waals surface area contributed by atoms with Crippen molar-refractivity contribution in [3.63, 3.8) is 0 Å². The van der Waals surface area contributed by atoms with Crippen molar-refractivity contribution >= 4 is 21.0 Å². The van der Waals surface area contributed by atoms with Crippen LogP contribution < -0.4 is 15.6 Å². The molecule has 0 aliphatic rings. The molecule has 3 rings (SSSR count). The number of nitrogen functional groups attached to an aromatic ring is 1. The number of halogens is 3. The second-order valence-corrected chi connectivity index (χ2v) is 8.77. The highest BCUT2D eigenvalue weighted by molar-refractivity contribution is 7.99. The molecule has 0 radical (unpaired) electrons. The van der Waals surface area contributed by atoms with Crippen molar-refractivity contribution < 1.29 is 22.1 Å². The van der Waals surface area contributed by atoms with Gasteiger partial charge in [0.25, 0.3) is 0 Å². The van der Waals surface area contributed by atoms with E-state index in [1.807, 2.05) is 0 Å². The predicted octanol–water partition coefficient (Wildman–Crippen LogP) is 3.15. The zero-order chi connectivity index (χ0) is 22.1. The van der Waals surface area contributed by atoms with Crippen molar-refractivity contribution in [2.24, 2.45) is 5.14 Å². The minimum Gasteiger partial charge on any atom is -0.496 e. The number of anilines is 1. The Bertz CT molecular complexity index is 1240. The summed E-state index contributed by atoms with van der Waals surface area (Å²) < 4.78 is 60.4. The first-order valence-corrected chi connectivity index (χ1v) is 10.6. The van der Waals surface area contributed by atoms with E-state index in [4.69, 9.17) is 15.6 Å². The first-order chi connectivity index (χ1) is 14.1. The monoisotopic (exact) mass is 436 g/mol. The summed E-state index contributed by atoms with van der Waals surface area (Å²) in [6, 6.07) is 7.05. The van der Waals surface area contributed by atoms with Crippen molar-refractivity contribution in [1.29, 1.82) is 0 Å². The summed E-state index contributed by atoms with van der Waals surface area (Å²) in [4.78, 5) is 7.80. The van der Waals surface area contributed by atoms with Crippen LogP contribution in [-0.4, -0.2) is 32.4 Å². The smallest absolute Gasteiger partial charge is 0.221 e. The fourth-order valence-corrected chi connectivity index (χ4v) is 3.59. The van der Waals surface area contributed by atoms with Gasteiger partial charge in [-0.05, 0) is 35.9 Å². The van der Waals surface area contributed by atoms with E-state index in [0.29, 0.717) is 0 Å². The fraction of sp³-hybridized carbons (Fsp3) is 0.150. The molecule has 1 unspecified atom stereocenters. The van der Waals surface area contributed by atoms with Crippen LogP contribution in [0.1, 0.15) is 12.5 Å². The molecule has 1 heterocycles. The van der Waals surface area contributed by atoms with Gasteiger partial charge < -0.3 is 10.5 Å². The Morgan fingerprint density at radius 2 is 1.77 bits per heavy atom. The van der Waals surface area contributed by atoms with Crippen molar-refractivity contribution in [2.75, 3.05) is 18.6 Å². The van der Waals surface area contributed by atoms with Crippen LogP contribution in [0.2, 0.25) is 0 Å². The highest BCUT2D eigenvalue weighted by atomic mass is 32.2. The highest BCUT2D eigenvalue weighted by Gasteiger charge is 2.20. The van der Waals surface area contributed by atoms with Crippen molar-refractivity contribution in [1.82, 2.24) is 9.97 Å². The Balaban J connectivity index is 2.24. The van der Waals surface area contributed by atoms with Crippen molar-refractivity contribution in [3.8, 4) is 28.3 Å². The predicted molar refractivity (Wildman–Crippen MR) is 112 cm³/mol. The number of methoxy groups -OCH3 is 1. The van der Waals surface area contributed by atoms with Gasteiger partial charge in [-0.1, -0.05) is 6.92 Å². The van der Waals surface area contributed by atoms with E-state index in [1.165, 1.54) is 24.6 Å². The molecule has 30 heavy (non-hydrogen) atoms. The molecular weight excluding hydrogens is 417 g/mol. The number of rotatable bonds is 5. The van der Waals surface area contributed by atoms with Gasteiger partial charge >= 0.3 is 0 Å².